The van der Waals surface area contributed by atoms with E-state index in [2.05, 4.69) is 45.0 Å². The second kappa shape index (κ2) is 9.07. The standard InChI is InChI=1S/C25H35NO2/c1-4-7-14-21-19-12-10-11-13-20(19)24(26-22(27)15-16-23(26)28)25(21,17-8-5-2)18-9-6-3/h10-13,15-16,21,24H,4-9,14,17-18H2,1-3H3/t21-,24+/m0/s1. The summed E-state index contributed by atoms with van der Waals surface area (Å²) in [5, 5.41) is 0. The predicted octanol–water partition coefficient (Wildman–Crippen LogP) is 6.31. The van der Waals surface area contributed by atoms with E-state index in [1.54, 1.807) is 4.90 Å². The molecule has 0 saturated carbocycles. The molecule has 2 aliphatic rings. The summed E-state index contributed by atoms with van der Waals surface area (Å²) in [5.41, 5.74) is 2.55. The van der Waals surface area contributed by atoms with Gasteiger partial charge in [0.1, 0.15) is 0 Å². The highest BCUT2D eigenvalue weighted by atomic mass is 16.2. The van der Waals surface area contributed by atoms with Gasteiger partial charge < -0.3 is 0 Å². The quantitative estimate of drug-likeness (QED) is 0.446. The van der Waals surface area contributed by atoms with Gasteiger partial charge in [0.05, 0.1) is 6.04 Å². The Morgan fingerprint density at radius 2 is 1.36 bits per heavy atom. The van der Waals surface area contributed by atoms with E-state index < -0.39 is 0 Å². The highest BCUT2D eigenvalue weighted by Gasteiger charge is 2.56. The third-order valence-electron chi connectivity index (χ3n) is 6.84. The van der Waals surface area contributed by atoms with Crippen LogP contribution in [0.5, 0.6) is 0 Å². The predicted molar refractivity (Wildman–Crippen MR) is 114 cm³/mol. The number of fused-ring (bicyclic) bond motifs is 1. The topological polar surface area (TPSA) is 37.4 Å². The van der Waals surface area contributed by atoms with Crippen LogP contribution in [0.15, 0.2) is 36.4 Å². The van der Waals surface area contributed by atoms with Crippen LogP contribution < -0.4 is 0 Å². The molecule has 1 aliphatic heterocycles. The van der Waals surface area contributed by atoms with Gasteiger partial charge >= 0.3 is 0 Å². The lowest BCUT2D eigenvalue weighted by atomic mass is 9.65. The Hall–Kier alpha value is -1.90. The van der Waals surface area contributed by atoms with Gasteiger partial charge in [-0.25, -0.2) is 0 Å². The third kappa shape index (κ3) is 3.56. The molecule has 1 aromatic rings. The van der Waals surface area contributed by atoms with Crippen LogP contribution in [0.2, 0.25) is 0 Å². The maximum absolute atomic E-state index is 12.8. The molecule has 3 rings (SSSR count). The molecule has 0 unspecified atom stereocenters. The average molecular weight is 382 g/mol. The van der Waals surface area contributed by atoms with Crippen LogP contribution in [0.4, 0.5) is 0 Å². The normalized spacial score (nSPS) is 22.9. The minimum atomic E-state index is -0.140. The van der Waals surface area contributed by atoms with Gasteiger partial charge in [0, 0.05) is 17.6 Å². The molecule has 3 nitrogen and oxygen atoms in total. The highest BCUT2D eigenvalue weighted by Crippen LogP contribution is 2.63. The molecule has 28 heavy (non-hydrogen) atoms. The van der Waals surface area contributed by atoms with Crippen LogP contribution in [-0.2, 0) is 9.59 Å². The van der Waals surface area contributed by atoms with Crippen molar-refractivity contribution in [3.63, 3.8) is 0 Å². The Balaban J connectivity index is 2.15. The maximum atomic E-state index is 12.8. The lowest BCUT2D eigenvalue weighted by Gasteiger charge is -2.44. The summed E-state index contributed by atoms with van der Waals surface area (Å²) in [6.45, 7) is 6.72. The molecule has 3 heteroatoms. The number of carbonyl (C=O) groups excluding carboxylic acids is 2. The average Bonchev–Trinajstić information content (AvgIpc) is 3.17. The van der Waals surface area contributed by atoms with Crippen LogP contribution in [0.3, 0.4) is 0 Å². The number of imide groups is 1. The molecule has 0 radical (unpaired) electrons. The van der Waals surface area contributed by atoms with Crippen LogP contribution >= 0.6 is 0 Å². The van der Waals surface area contributed by atoms with Crippen molar-refractivity contribution in [3.8, 4) is 0 Å². The molecule has 0 spiro atoms. The van der Waals surface area contributed by atoms with Gasteiger partial charge in [0.2, 0.25) is 0 Å². The van der Waals surface area contributed by atoms with E-state index in [-0.39, 0.29) is 23.3 Å². The van der Waals surface area contributed by atoms with Crippen LogP contribution in [0.25, 0.3) is 0 Å². The van der Waals surface area contributed by atoms with Crippen LogP contribution in [0.1, 0.15) is 102 Å². The summed E-state index contributed by atoms with van der Waals surface area (Å²) in [4.78, 5) is 27.1. The molecule has 152 valence electrons. The smallest absolute Gasteiger partial charge is 0.254 e. The lowest BCUT2D eigenvalue weighted by Crippen LogP contribution is -2.44. The molecule has 0 bridgehead atoms. The van der Waals surface area contributed by atoms with Gasteiger partial charge in [0.15, 0.2) is 0 Å². The molecule has 2 atom stereocenters. The van der Waals surface area contributed by atoms with Gasteiger partial charge in [-0.05, 0) is 36.3 Å². The number of hydrogen-bond acceptors (Lipinski definition) is 2. The van der Waals surface area contributed by atoms with E-state index >= 15 is 0 Å². The molecular formula is C25H35NO2. The SMILES string of the molecule is CCCC[C@H]1c2ccccc2[C@@H](N2C(=O)C=CC2=O)C1(CCCC)CCCC. The van der Waals surface area contributed by atoms with E-state index in [9.17, 15) is 9.59 Å². The van der Waals surface area contributed by atoms with Crippen molar-refractivity contribution in [2.24, 2.45) is 5.41 Å². The number of hydrogen-bond donors (Lipinski definition) is 0. The second-order valence-electron chi connectivity index (χ2n) is 8.55. The Kier molecular flexibility index (Phi) is 6.74. The number of rotatable bonds is 10. The zero-order chi connectivity index (χ0) is 20.1. The maximum Gasteiger partial charge on any atom is 0.254 e. The van der Waals surface area contributed by atoms with Crippen molar-refractivity contribution in [2.45, 2.75) is 90.5 Å². The summed E-state index contributed by atoms with van der Waals surface area (Å²) in [6, 6.07) is 8.48. The number of benzene rings is 1. The van der Waals surface area contributed by atoms with E-state index in [4.69, 9.17) is 0 Å². The van der Waals surface area contributed by atoms with Crippen LogP contribution in [-0.4, -0.2) is 16.7 Å². The third-order valence-corrected chi connectivity index (χ3v) is 6.84. The van der Waals surface area contributed by atoms with E-state index in [0.29, 0.717) is 5.92 Å². The zero-order valence-corrected chi connectivity index (χ0v) is 17.7. The lowest BCUT2D eigenvalue weighted by molar-refractivity contribution is -0.144. The minimum absolute atomic E-state index is 0.0395. The van der Waals surface area contributed by atoms with Crippen molar-refractivity contribution in [3.05, 3.63) is 47.5 Å². The molecular weight excluding hydrogens is 346 g/mol. The van der Waals surface area contributed by atoms with Crippen LogP contribution in [0, 0.1) is 5.41 Å². The van der Waals surface area contributed by atoms with Crippen molar-refractivity contribution < 1.29 is 9.59 Å². The first-order valence-corrected chi connectivity index (χ1v) is 11.2. The molecule has 0 aromatic heterocycles. The fourth-order valence-corrected chi connectivity index (χ4v) is 5.56. The molecule has 0 saturated heterocycles. The van der Waals surface area contributed by atoms with Gasteiger partial charge in [-0.3, -0.25) is 14.5 Å². The molecule has 1 aromatic carbocycles. The number of unbranched alkanes of at least 4 members (excludes halogenated alkanes) is 3. The van der Waals surface area contributed by atoms with E-state index in [1.165, 1.54) is 36.1 Å². The van der Waals surface area contributed by atoms with Gasteiger partial charge in [0.25, 0.3) is 11.8 Å². The molecule has 0 N–H and O–H groups in total. The molecule has 2 amide bonds. The number of nitrogens with zero attached hydrogens (tertiary/aromatic N) is 1. The summed E-state index contributed by atoms with van der Waals surface area (Å²) in [6.07, 6.45) is 13.1. The van der Waals surface area contributed by atoms with Crippen molar-refractivity contribution in [1.29, 1.82) is 0 Å². The van der Waals surface area contributed by atoms with Crippen molar-refractivity contribution in [2.75, 3.05) is 0 Å². The summed E-state index contributed by atoms with van der Waals surface area (Å²) in [5.74, 6) is 0.143. The van der Waals surface area contributed by atoms with Gasteiger partial charge in [-0.1, -0.05) is 83.6 Å². The van der Waals surface area contributed by atoms with E-state index in [1.807, 2.05) is 0 Å². The number of amides is 2. The van der Waals surface area contributed by atoms with Gasteiger partial charge in [-0.2, -0.15) is 0 Å². The van der Waals surface area contributed by atoms with Gasteiger partial charge in [-0.15, -0.1) is 0 Å². The largest absolute Gasteiger partial charge is 0.269 e. The second-order valence-corrected chi connectivity index (χ2v) is 8.55. The van der Waals surface area contributed by atoms with Crippen molar-refractivity contribution in [1.82, 2.24) is 4.90 Å². The van der Waals surface area contributed by atoms with Crippen molar-refractivity contribution >= 4 is 11.8 Å². The number of carbonyl (C=O) groups is 2. The Morgan fingerprint density at radius 3 is 1.89 bits per heavy atom. The summed E-state index contributed by atoms with van der Waals surface area (Å²) in [7, 11) is 0. The zero-order valence-electron chi connectivity index (χ0n) is 17.7. The fraction of sp³-hybridized carbons (Fsp3) is 0.600. The molecule has 0 fully saturated rings. The fourth-order valence-electron chi connectivity index (χ4n) is 5.56. The molecule has 1 heterocycles. The first kappa shape index (κ1) is 20.8. The summed E-state index contributed by atoms with van der Waals surface area (Å²) >= 11 is 0. The first-order chi connectivity index (χ1) is 13.6. The Bertz CT molecular complexity index is 710. The monoisotopic (exact) mass is 381 g/mol. The summed E-state index contributed by atoms with van der Waals surface area (Å²) < 4.78 is 0. The molecule has 1 aliphatic carbocycles. The Morgan fingerprint density at radius 1 is 0.821 bits per heavy atom. The highest BCUT2D eigenvalue weighted by molar-refractivity contribution is 6.13. The minimum Gasteiger partial charge on any atom is -0.269 e. The van der Waals surface area contributed by atoms with E-state index in [0.717, 1.165) is 44.9 Å². The first-order valence-electron chi connectivity index (χ1n) is 11.2. The Labute approximate surface area is 170 Å².